The molecule has 1 heterocycles. The van der Waals surface area contributed by atoms with Gasteiger partial charge in [0.05, 0.1) is 16.6 Å². The largest absolute Gasteiger partial charge is 0.335 e. The second-order valence-electron chi connectivity index (χ2n) is 4.64. The second-order valence-corrected chi connectivity index (χ2v) is 5.41. The van der Waals surface area contributed by atoms with Crippen LogP contribution in [-0.2, 0) is 0 Å². The zero-order valence-electron chi connectivity index (χ0n) is 11.5. The Morgan fingerprint density at radius 1 is 1.29 bits per heavy atom. The van der Waals surface area contributed by atoms with Crippen molar-refractivity contribution in [2.45, 2.75) is 13.0 Å². The van der Waals surface area contributed by atoms with Crippen molar-refractivity contribution in [1.29, 1.82) is 0 Å². The molecule has 0 aliphatic heterocycles. The zero-order valence-corrected chi connectivity index (χ0v) is 13.0. The van der Waals surface area contributed by atoms with Crippen molar-refractivity contribution >= 4 is 29.1 Å². The molecule has 0 saturated heterocycles. The highest BCUT2D eigenvalue weighted by Crippen LogP contribution is 2.24. The number of rotatable bonds is 3. The molecule has 110 valence electrons. The Bertz CT molecular complexity index is 661. The molecule has 6 heteroatoms. The maximum absolute atomic E-state index is 12.9. The van der Waals surface area contributed by atoms with Gasteiger partial charge in [0, 0.05) is 13.2 Å². The molecule has 0 aliphatic rings. The van der Waals surface area contributed by atoms with E-state index >= 15 is 0 Å². The molecule has 2 rings (SSSR count). The highest BCUT2D eigenvalue weighted by atomic mass is 35.5. The van der Waals surface area contributed by atoms with Crippen molar-refractivity contribution < 1.29 is 9.18 Å². The Morgan fingerprint density at radius 2 is 1.90 bits per heavy atom. The summed E-state index contributed by atoms with van der Waals surface area (Å²) in [5, 5.41) is 0.382. The van der Waals surface area contributed by atoms with E-state index in [0.717, 1.165) is 5.56 Å². The molecule has 1 amide bonds. The van der Waals surface area contributed by atoms with Gasteiger partial charge in [-0.1, -0.05) is 35.3 Å². The fraction of sp³-hybridized carbons (Fsp3) is 0.200. The first-order valence-corrected chi connectivity index (χ1v) is 6.99. The topological polar surface area (TPSA) is 33.2 Å². The lowest BCUT2D eigenvalue weighted by molar-refractivity contribution is 0.0742. The van der Waals surface area contributed by atoms with Crippen LogP contribution in [-0.4, -0.2) is 22.8 Å². The van der Waals surface area contributed by atoms with Crippen LogP contribution in [0.2, 0.25) is 10.2 Å². The zero-order chi connectivity index (χ0) is 15.6. The third-order valence-corrected chi connectivity index (χ3v) is 3.98. The maximum Gasteiger partial charge on any atom is 0.255 e. The van der Waals surface area contributed by atoms with Crippen molar-refractivity contribution in [3.05, 3.63) is 63.6 Å². The second kappa shape index (κ2) is 6.41. The number of carbonyl (C=O) groups excluding carboxylic acids is 1. The number of carbonyl (C=O) groups is 1. The Labute approximate surface area is 132 Å². The Morgan fingerprint density at radius 3 is 2.48 bits per heavy atom. The first-order valence-electron chi connectivity index (χ1n) is 6.24. The molecule has 0 bridgehead atoms. The van der Waals surface area contributed by atoms with E-state index in [2.05, 4.69) is 4.98 Å². The van der Waals surface area contributed by atoms with Gasteiger partial charge in [0.15, 0.2) is 0 Å². The minimum Gasteiger partial charge on any atom is -0.335 e. The lowest BCUT2D eigenvalue weighted by Crippen LogP contribution is -2.29. The van der Waals surface area contributed by atoms with Gasteiger partial charge in [-0.3, -0.25) is 4.79 Å². The average Bonchev–Trinajstić information content (AvgIpc) is 2.48. The maximum atomic E-state index is 12.9. The summed E-state index contributed by atoms with van der Waals surface area (Å²) in [6.45, 7) is 1.86. The molecular weight excluding hydrogens is 314 g/mol. The minimum absolute atomic E-state index is 0.155. The summed E-state index contributed by atoms with van der Waals surface area (Å²) < 4.78 is 12.9. The highest BCUT2D eigenvalue weighted by Gasteiger charge is 2.20. The molecule has 0 aliphatic carbocycles. The SMILES string of the molecule is CC(c1ccc(F)cc1)N(C)C(=O)c1cnc(Cl)c(Cl)c1. The molecule has 1 aromatic heterocycles. The molecule has 0 spiro atoms. The fourth-order valence-corrected chi connectivity index (χ4v) is 2.15. The van der Waals surface area contributed by atoms with Gasteiger partial charge in [-0.25, -0.2) is 9.37 Å². The van der Waals surface area contributed by atoms with Gasteiger partial charge in [-0.05, 0) is 30.7 Å². The van der Waals surface area contributed by atoms with Gasteiger partial charge < -0.3 is 4.90 Å². The molecule has 1 atom stereocenters. The molecule has 0 N–H and O–H groups in total. The van der Waals surface area contributed by atoms with Gasteiger partial charge in [-0.15, -0.1) is 0 Å². The number of hydrogen-bond donors (Lipinski definition) is 0. The van der Waals surface area contributed by atoms with Gasteiger partial charge >= 0.3 is 0 Å². The van der Waals surface area contributed by atoms with E-state index in [1.54, 1.807) is 19.2 Å². The van der Waals surface area contributed by atoms with Crippen LogP contribution < -0.4 is 0 Å². The van der Waals surface area contributed by atoms with E-state index in [9.17, 15) is 9.18 Å². The molecule has 0 radical (unpaired) electrons. The first-order chi connectivity index (χ1) is 9.90. The smallest absolute Gasteiger partial charge is 0.255 e. The summed E-state index contributed by atoms with van der Waals surface area (Å²) in [4.78, 5) is 17.8. The summed E-state index contributed by atoms with van der Waals surface area (Å²) in [7, 11) is 1.67. The van der Waals surface area contributed by atoms with Crippen molar-refractivity contribution in [2.24, 2.45) is 0 Å². The Hall–Kier alpha value is -1.65. The van der Waals surface area contributed by atoms with Gasteiger partial charge in [0.2, 0.25) is 0 Å². The van der Waals surface area contributed by atoms with Crippen molar-refractivity contribution in [3.8, 4) is 0 Å². The van der Waals surface area contributed by atoms with Crippen LogP contribution in [0.5, 0.6) is 0 Å². The van der Waals surface area contributed by atoms with Gasteiger partial charge in [-0.2, -0.15) is 0 Å². The lowest BCUT2D eigenvalue weighted by atomic mass is 10.1. The highest BCUT2D eigenvalue weighted by molar-refractivity contribution is 6.41. The number of benzene rings is 1. The van der Waals surface area contributed by atoms with Crippen molar-refractivity contribution in [1.82, 2.24) is 9.88 Å². The number of pyridine rings is 1. The van der Waals surface area contributed by atoms with Crippen LogP contribution in [0.25, 0.3) is 0 Å². The van der Waals surface area contributed by atoms with E-state index in [1.165, 1.54) is 29.3 Å². The summed E-state index contributed by atoms with van der Waals surface area (Å²) in [6, 6.07) is 7.30. The Balaban J connectivity index is 2.21. The predicted octanol–water partition coefficient (Wildman–Crippen LogP) is 4.36. The molecule has 2 aromatic rings. The van der Waals surface area contributed by atoms with Crippen LogP contribution in [0, 0.1) is 5.82 Å². The molecule has 0 fully saturated rings. The normalized spacial score (nSPS) is 12.0. The van der Waals surface area contributed by atoms with E-state index in [1.807, 2.05) is 6.92 Å². The summed E-state index contributed by atoms with van der Waals surface area (Å²) in [5.41, 5.74) is 1.18. The van der Waals surface area contributed by atoms with E-state index in [0.29, 0.717) is 5.56 Å². The van der Waals surface area contributed by atoms with Crippen LogP contribution in [0.15, 0.2) is 36.5 Å². The third-order valence-electron chi connectivity index (χ3n) is 3.30. The number of amides is 1. The van der Waals surface area contributed by atoms with E-state index in [4.69, 9.17) is 23.2 Å². The summed E-state index contributed by atoms with van der Waals surface area (Å²) >= 11 is 11.6. The number of halogens is 3. The van der Waals surface area contributed by atoms with Crippen LogP contribution >= 0.6 is 23.2 Å². The monoisotopic (exact) mass is 326 g/mol. The van der Waals surface area contributed by atoms with Crippen LogP contribution in [0.1, 0.15) is 28.9 Å². The average molecular weight is 327 g/mol. The van der Waals surface area contributed by atoms with Crippen molar-refractivity contribution in [3.63, 3.8) is 0 Å². The molecule has 21 heavy (non-hydrogen) atoms. The molecule has 0 saturated carbocycles. The summed E-state index contributed by atoms with van der Waals surface area (Å²) in [5.74, 6) is -0.550. The van der Waals surface area contributed by atoms with Crippen LogP contribution in [0.4, 0.5) is 4.39 Å². The number of aromatic nitrogens is 1. The first kappa shape index (κ1) is 15.7. The Kier molecular flexibility index (Phi) is 4.80. The lowest BCUT2D eigenvalue weighted by Gasteiger charge is -2.25. The standard InChI is InChI=1S/C15H13Cl2FN2O/c1-9(10-3-5-12(18)6-4-10)20(2)15(21)11-7-13(16)14(17)19-8-11/h3-9H,1-2H3. The summed E-state index contributed by atoms with van der Waals surface area (Å²) in [6.07, 6.45) is 1.38. The van der Waals surface area contributed by atoms with Crippen LogP contribution in [0.3, 0.4) is 0 Å². The number of hydrogen-bond acceptors (Lipinski definition) is 2. The third kappa shape index (κ3) is 3.52. The number of nitrogens with zero attached hydrogens (tertiary/aromatic N) is 2. The fourth-order valence-electron chi connectivity index (χ4n) is 1.88. The van der Waals surface area contributed by atoms with Crippen molar-refractivity contribution in [2.75, 3.05) is 7.05 Å². The van der Waals surface area contributed by atoms with E-state index in [-0.39, 0.29) is 27.9 Å². The molecule has 1 aromatic carbocycles. The van der Waals surface area contributed by atoms with E-state index < -0.39 is 0 Å². The van der Waals surface area contributed by atoms with Gasteiger partial charge in [0.25, 0.3) is 5.91 Å². The quantitative estimate of drug-likeness (QED) is 0.785. The molecule has 3 nitrogen and oxygen atoms in total. The minimum atomic E-state index is -0.311. The van der Waals surface area contributed by atoms with Gasteiger partial charge in [0.1, 0.15) is 11.0 Å². The predicted molar refractivity (Wildman–Crippen MR) is 81.2 cm³/mol. The molecular formula is C15H13Cl2FN2O. The molecule has 1 unspecified atom stereocenters.